The average Bonchev–Trinajstić information content (AvgIpc) is 2.36. The third-order valence-corrected chi connectivity index (χ3v) is 4.02. The summed E-state index contributed by atoms with van der Waals surface area (Å²) in [5, 5.41) is 9.10. The first-order chi connectivity index (χ1) is 9.06. The van der Waals surface area contributed by atoms with Gasteiger partial charge in [-0.15, -0.1) is 0 Å². The Morgan fingerprint density at radius 2 is 1.89 bits per heavy atom. The summed E-state index contributed by atoms with van der Waals surface area (Å²) in [4.78, 5) is 11.1. The van der Waals surface area contributed by atoms with Crippen molar-refractivity contribution in [3.8, 4) is 0 Å². The number of hydrogen-bond donors (Lipinski definition) is 1. The molecule has 0 saturated heterocycles. The highest BCUT2D eigenvalue weighted by Crippen LogP contribution is 2.31. The minimum absolute atomic E-state index is 0.157. The van der Waals surface area contributed by atoms with Crippen LogP contribution in [0.2, 0.25) is 0 Å². The Balaban J connectivity index is 2.22. The lowest BCUT2D eigenvalue weighted by Gasteiger charge is -2.21. The van der Waals surface area contributed by atoms with Crippen LogP contribution in [0.5, 0.6) is 0 Å². The fourth-order valence-electron chi connectivity index (χ4n) is 3.12. The predicted octanol–water partition coefficient (Wildman–Crippen LogP) is 4.17. The molecule has 1 N–H and O–H groups in total. The van der Waals surface area contributed by atoms with Gasteiger partial charge in [0.2, 0.25) is 0 Å². The van der Waals surface area contributed by atoms with Gasteiger partial charge in [0, 0.05) is 0 Å². The maximum Gasteiger partial charge on any atom is 0.303 e. The Kier molecular flexibility index (Phi) is 4.62. The van der Waals surface area contributed by atoms with E-state index in [0.717, 1.165) is 12.8 Å². The van der Waals surface area contributed by atoms with E-state index in [1.807, 2.05) is 0 Å². The first kappa shape index (κ1) is 14.1. The molecule has 19 heavy (non-hydrogen) atoms. The molecule has 0 aromatic heterocycles. The van der Waals surface area contributed by atoms with Crippen molar-refractivity contribution in [3.05, 3.63) is 34.9 Å². The third-order valence-electron chi connectivity index (χ3n) is 4.02. The number of aliphatic carboxylic acids is 1. The number of carbonyl (C=O) groups is 1. The van der Waals surface area contributed by atoms with Gasteiger partial charge in [-0.1, -0.05) is 32.0 Å². The zero-order chi connectivity index (χ0) is 13.8. The summed E-state index contributed by atoms with van der Waals surface area (Å²) in [5.41, 5.74) is 4.13. The molecular formula is C17H24O2. The van der Waals surface area contributed by atoms with Crippen LogP contribution in [0.4, 0.5) is 0 Å². The second-order valence-corrected chi connectivity index (χ2v) is 6.16. The molecule has 1 aliphatic carbocycles. The van der Waals surface area contributed by atoms with Crippen LogP contribution >= 0.6 is 0 Å². The molecule has 104 valence electrons. The van der Waals surface area contributed by atoms with E-state index in [2.05, 4.69) is 32.0 Å². The molecule has 0 aliphatic heterocycles. The van der Waals surface area contributed by atoms with Crippen molar-refractivity contribution in [2.24, 2.45) is 5.92 Å². The topological polar surface area (TPSA) is 37.3 Å². The highest BCUT2D eigenvalue weighted by atomic mass is 16.4. The van der Waals surface area contributed by atoms with E-state index in [1.54, 1.807) is 0 Å². The minimum atomic E-state index is -0.691. The summed E-state index contributed by atoms with van der Waals surface area (Å²) in [6.07, 6.45) is 6.09. The molecule has 2 nitrogen and oxygen atoms in total. The molecule has 1 unspecified atom stereocenters. The lowest BCUT2D eigenvalue weighted by molar-refractivity contribution is -0.137. The van der Waals surface area contributed by atoms with E-state index in [9.17, 15) is 4.79 Å². The first-order valence-electron chi connectivity index (χ1n) is 7.39. The first-order valence-corrected chi connectivity index (χ1v) is 7.39. The summed E-state index contributed by atoms with van der Waals surface area (Å²) >= 11 is 0. The number of fused-ring (bicyclic) bond motifs is 1. The quantitative estimate of drug-likeness (QED) is 0.862. The van der Waals surface area contributed by atoms with Gasteiger partial charge in [0.15, 0.2) is 0 Å². The maximum absolute atomic E-state index is 11.1. The van der Waals surface area contributed by atoms with Crippen LogP contribution in [0.15, 0.2) is 18.2 Å². The van der Waals surface area contributed by atoms with Gasteiger partial charge in [0.1, 0.15) is 0 Å². The minimum Gasteiger partial charge on any atom is -0.481 e. The molecule has 1 aromatic carbocycles. The lowest BCUT2D eigenvalue weighted by atomic mass is 9.83. The molecule has 0 saturated carbocycles. The van der Waals surface area contributed by atoms with Crippen LogP contribution in [-0.2, 0) is 17.6 Å². The summed E-state index contributed by atoms with van der Waals surface area (Å²) < 4.78 is 0. The Morgan fingerprint density at radius 3 is 2.53 bits per heavy atom. The van der Waals surface area contributed by atoms with Crippen LogP contribution in [-0.4, -0.2) is 11.1 Å². The SMILES string of the molecule is CC(C)CC(CC(=O)O)c1ccc2c(c1)CCCC2. The smallest absolute Gasteiger partial charge is 0.303 e. The zero-order valence-corrected chi connectivity index (χ0v) is 12.0. The van der Waals surface area contributed by atoms with Gasteiger partial charge < -0.3 is 5.11 Å². The van der Waals surface area contributed by atoms with Gasteiger partial charge in [-0.2, -0.15) is 0 Å². The standard InChI is InChI=1S/C17H24O2/c1-12(2)9-16(11-17(18)19)15-8-7-13-5-3-4-6-14(13)10-15/h7-8,10,12,16H,3-6,9,11H2,1-2H3,(H,18,19). The molecule has 0 heterocycles. The lowest BCUT2D eigenvalue weighted by Crippen LogP contribution is -2.11. The summed E-state index contributed by atoms with van der Waals surface area (Å²) in [6, 6.07) is 6.64. The van der Waals surface area contributed by atoms with Gasteiger partial charge in [0.05, 0.1) is 6.42 Å². The second kappa shape index (κ2) is 6.23. The molecule has 2 heteroatoms. The van der Waals surface area contributed by atoms with Gasteiger partial charge in [0.25, 0.3) is 0 Å². The zero-order valence-electron chi connectivity index (χ0n) is 12.0. The van der Waals surface area contributed by atoms with E-state index < -0.39 is 5.97 Å². The number of hydrogen-bond acceptors (Lipinski definition) is 1. The maximum atomic E-state index is 11.1. The molecule has 0 bridgehead atoms. The van der Waals surface area contributed by atoms with Gasteiger partial charge in [-0.25, -0.2) is 0 Å². The third kappa shape index (κ3) is 3.82. The Hall–Kier alpha value is -1.31. The monoisotopic (exact) mass is 260 g/mol. The molecule has 0 amide bonds. The van der Waals surface area contributed by atoms with E-state index in [1.165, 1.54) is 36.0 Å². The predicted molar refractivity (Wildman–Crippen MR) is 77.5 cm³/mol. The highest BCUT2D eigenvalue weighted by Gasteiger charge is 2.19. The van der Waals surface area contributed by atoms with E-state index >= 15 is 0 Å². The van der Waals surface area contributed by atoms with Crippen LogP contribution in [0.1, 0.15) is 62.1 Å². The van der Waals surface area contributed by atoms with Crippen LogP contribution in [0, 0.1) is 5.92 Å². The fourth-order valence-corrected chi connectivity index (χ4v) is 3.12. The van der Waals surface area contributed by atoms with Crippen LogP contribution in [0.3, 0.4) is 0 Å². The highest BCUT2D eigenvalue weighted by molar-refractivity contribution is 5.68. The van der Waals surface area contributed by atoms with E-state index in [4.69, 9.17) is 5.11 Å². The Bertz CT molecular complexity index is 449. The van der Waals surface area contributed by atoms with Crippen LogP contribution < -0.4 is 0 Å². The van der Waals surface area contributed by atoms with Gasteiger partial charge >= 0.3 is 5.97 Å². The number of aryl methyl sites for hydroxylation is 2. The summed E-state index contributed by atoms with van der Waals surface area (Å²) in [5.74, 6) is -0.00604. The van der Waals surface area contributed by atoms with Crippen molar-refractivity contribution in [2.45, 2.75) is 58.3 Å². The molecule has 1 aromatic rings. The molecule has 2 rings (SSSR count). The number of rotatable bonds is 5. The largest absolute Gasteiger partial charge is 0.481 e. The van der Waals surface area contributed by atoms with Gasteiger partial charge in [-0.05, 0) is 60.6 Å². The van der Waals surface area contributed by atoms with Gasteiger partial charge in [-0.3, -0.25) is 4.79 Å². The molecule has 1 atom stereocenters. The van der Waals surface area contributed by atoms with Crippen molar-refractivity contribution in [2.75, 3.05) is 0 Å². The second-order valence-electron chi connectivity index (χ2n) is 6.16. The summed E-state index contributed by atoms with van der Waals surface area (Å²) in [6.45, 7) is 4.32. The van der Waals surface area contributed by atoms with Crippen molar-refractivity contribution < 1.29 is 9.90 Å². The molecule has 1 aliphatic rings. The number of carboxylic acids is 1. The normalized spacial score (nSPS) is 16.2. The van der Waals surface area contributed by atoms with E-state index in [0.29, 0.717) is 5.92 Å². The van der Waals surface area contributed by atoms with Crippen molar-refractivity contribution >= 4 is 5.97 Å². The number of carboxylic acid groups (broad SMARTS) is 1. The number of benzene rings is 1. The van der Waals surface area contributed by atoms with Crippen molar-refractivity contribution in [3.63, 3.8) is 0 Å². The fraction of sp³-hybridized carbons (Fsp3) is 0.588. The molecule has 0 fully saturated rings. The molecule has 0 spiro atoms. The van der Waals surface area contributed by atoms with E-state index in [-0.39, 0.29) is 12.3 Å². The Labute approximate surface area is 115 Å². The molecule has 0 radical (unpaired) electrons. The van der Waals surface area contributed by atoms with Crippen molar-refractivity contribution in [1.82, 2.24) is 0 Å². The molecular weight excluding hydrogens is 236 g/mol. The Morgan fingerprint density at radius 1 is 1.21 bits per heavy atom. The average molecular weight is 260 g/mol. The summed E-state index contributed by atoms with van der Waals surface area (Å²) in [7, 11) is 0. The van der Waals surface area contributed by atoms with Crippen molar-refractivity contribution in [1.29, 1.82) is 0 Å². The van der Waals surface area contributed by atoms with Crippen LogP contribution in [0.25, 0.3) is 0 Å².